The third-order valence-corrected chi connectivity index (χ3v) is 2.86. The molecule has 1 aliphatic heterocycles. The van der Waals surface area contributed by atoms with Crippen molar-refractivity contribution in [1.82, 2.24) is 0 Å². The minimum Gasteiger partial charge on any atom is -0.398 e. The van der Waals surface area contributed by atoms with E-state index >= 15 is 0 Å². The van der Waals surface area contributed by atoms with Crippen molar-refractivity contribution in [3.05, 3.63) is 28.3 Å². The SMILES string of the molecule is Nc1cc(N2CCCCC2)cc([N+](=O)[O-])c1. The molecule has 1 aliphatic rings. The van der Waals surface area contributed by atoms with Crippen LogP contribution in [0.25, 0.3) is 0 Å². The summed E-state index contributed by atoms with van der Waals surface area (Å²) in [5.41, 5.74) is 7.06. The summed E-state index contributed by atoms with van der Waals surface area (Å²) < 4.78 is 0. The van der Waals surface area contributed by atoms with Crippen LogP contribution < -0.4 is 10.6 Å². The van der Waals surface area contributed by atoms with Gasteiger partial charge in [0.15, 0.2) is 0 Å². The highest BCUT2D eigenvalue weighted by Crippen LogP contribution is 2.27. The average molecular weight is 221 g/mol. The first kappa shape index (κ1) is 10.7. The van der Waals surface area contributed by atoms with Crippen molar-refractivity contribution in [2.75, 3.05) is 23.7 Å². The molecular weight excluding hydrogens is 206 g/mol. The second-order valence-electron chi connectivity index (χ2n) is 4.09. The maximum absolute atomic E-state index is 10.7. The minimum atomic E-state index is -0.399. The Bertz CT molecular complexity index is 400. The van der Waals surface area contributed by atoms with Crippen LogP contribution in [0.5, 0.6) is 0 Å². The van der Waals surface area contributed by atoms with Gasteiger partial charge in [0.25, 0.3) is 5.69 Å². The Morgan fingerprint density at radius 2 is 1.88 bits per heavy atom. The van der Waals surface area contributed by atoms with Gasteiger partial charge in [0, 0.05) is 36.6 Å². The van der Waals surface area contributed by atoms with Crippen molar-refractivity contribution in [1.29, 1.82) is 0 Å². The molecule has 0 aromatic heterocycles. The van der Waals surface area contributed by atoms with E-state index in [2.05, 4.69) is 4.90 Å². The van der Waals surface area contributed by atoms with Crippen LogP contribution in [0.15, 0.2) is 18.2 Å². The number of nitro groups is 1. The lowest BCUT2D eigenvalue weighted by Gasteiger charge is -2.28. The van der Waals surface area contributed by atoms with Gasteiger partial charge >= 0.3 is 0 Å². The molecule has 2 rings (SSSR count). The van der Waals surface area contributed by atoms with Gasteiger partial charge < -0.3 is 10.6 Å². The zero-order valence-electron chi connectivity index (χ0n) is 9.06. The number of hydrogen-bond acceptors (Lipinski definition) is 4. The van der Waals surface area contributed by atoms with Crippen LogP contribution in [-0.4, -0.2) is 18.0 Å². The van der Waals surface area contributed by atoms with Crippen LogP contribution in [0, 0.1) is 10.1 Å². The first-order valence-corrected chi connectivity index (χ1v) is 5.47. The lowest BCUT2D eigenvalue weighted by Crippen LogP contribution is -2.29. The topological polar surface area (TPSA) is 72.4 Å². The highest BCUT2D eigenvalue weighted by atomic mass is 16.6. The average Bonchev–Trinajstić information content (AvgIpc) is 2.29. The normalized spacial score (nSPS) is 16.1. The number of nitro benzene ring substituents is 1. The van der Waals surface area contributed by atoms with E-state index in [-0.39, 0.29) is 5.69 Å². The van der Waals surface area contributed by atoms with Crippen LogP contribution in [0.1, 0.15) is 19.3 Å². The van der Waals surface area contributed by atoms with Crippen LogP contribution in [0.2, 0.25) is 0 Å². The van der Waals surface area contributed by atoms with Gasteiger partial charge in [-0.15, -0.1) is 0 Å². The molecule has 1 saturated heterocycles. The van der Waals surface area contributed by atoms with Crippen molar-refractivity contribution in [2.24, 2.45) is 0 Å². The Morgan fingerprint density at radius 3 is 2.50 bits per heavy atom. The first-order valence-electron chi connectivity index (χ1n) is 5.47. The summed E-state index contributed by atoms with van der Waals surface area (Å²) in [5.74, 6) is 0. The third kappa shape index (κ3) is 2.24. The van der Waals surface area contributed by atoms with Crippen molar-refractivity contribution in [3.63, 3.8) is 0 Å². The van der Waals surface area contributed by atoms with Crippen molar-refractivity contribution in [3.8, 4) is 0 Å². The second kappa shape index (κ2) is 4.38. The molecule has 0 saturated carbocycles. The maximum Gasteiger partial charge on any atom is 0.273 e. The Morgan fingerprint density at radius 1 is 1.19 bits per heavy atom. The van der Waals surface area contributed by atoms with Crippen LogP contribution >= 0.6 is 0 Å². The number of benzene rings is 1. The van der Waals surface area contributed by atoms with Gasteiger partial charge in [0.2, 0.25) is 0 Å². The van der Waals surface area contributed by atoms with E-state index in [9.17, 15) is 10.1 Å². The maximum atomic E-state index is 10.7. The van der Waals surface area contributed by atoms with Crippen LogP contribution in [-0.2, 0) is 0 Å². The summed E-state index contributed by atoms with van der Waals surface area (Å²) in [6.45, 7) is 1.92. The van der Waals surface area contributed by atoms with E-state index in [0.29, 0.717) is 5.69 Å². The molecule has 0 aliphatic carbocycles. The van der Waals surface area contributed by atoms with Crippen molar-refractivity contribution in [2.45, 2.75) is 19.3 Å². The van der Waals surface area contributed by atoms with E-state index in [1.54, 1.807) is 12.1 Å². The number of piperidine rings is 1. The molecular formula is C11H15N3O2. The predicted molar refractivity (Wildman–Crippen MR) is 63.6 cm³/mol. The van der Waals surface area contributed by atoms with Gasteiger partial charge in [-0.2, -0.15) is 0 Å². The molecule has 5 heteroatoms. The molecule has 0 atom stereocenters. The molecule has 1 aromatic carbocycles. The lowest BCUT2D eigenvalue weighted by atomic mass is 10.1. The molecule has 0 bridgehead atoms. The Kier molecular flexibility index (Phi) is 2.94. The van der Waals surface area contributed by atoms with Gasteiger partial charge in [-0.05, 0) is 25.3 Å². The quantitative estimate of drug-likeness (QED) is 0.472. The molecule has 16 heavy (non-hydrogen) atoms. The summed E-state index contributed by atoms with van der Waals surface area (Å²) in [5, 5.41) is 10.7. The van der Waals surface area contributed by atoms with Crippen molar-refractivity contribution >= 4 is 17.1 Å². The Labute approximate surface area is 94.0 Å². The zero-order valence-corrected chi connectivity index (χ0v) is 9.06. The fourth-order valence-corrected chi connectivity index (χ4v) is 2.06. The van der Waals surface area contributed by atoms with E-state index in [1.807, 2.05) is 0 Å². The fourth-order valence-electron chi connectivity index (χ4n) is 2.06. The van der Waals surface area contributed by atoms with E-state index in [1.165, 1.54) is 12.5 Å². The molecule has 0 unspecified atom stereocenters. The molecule has 1 heterocycles. The predicted octanol–water partition coefficient (Wildman–Crippen LogP) is 2.17. The first-order chi connectivity index (χ1) is 7.66. The number of anilines is 2. The molecule has 86 valence electrons. The highest BCUT2D eigenvalue weighted by Gasteiger charge is 2.15. The largest absolute Gasteiger partial charge is 0.398 e. The Balaban J connectivity index is 2.28. The number of hydrogen-bond donors (Lipinski definition) is 1. The number of non-ortho nitro benzene ring substituents is 1. The van der Waals surface area contributed by atoms with E-state index in [0.717, 1.165) is 31.6 Å². The fraction of sp³-hybridized carbons (Fsp3) is 0.455. The molecule has 0 amide bonds. The summed E-state index contributed by atoms with van der Waals surface area (Å²) >= 11 is 0. The Hall–Kier alpha value is -1.78. The van der Waals surface area contributed by atoms with Gasteiger partial charge in [-0.1, -0.05) is 0 Å². The van der Waals surface area contributed by atoms with Gasteiger partial charge in [0.05, 0.1) is 4.92 Å². The smallest absolute Gasteiger partial charge is 0.273 e. The standard InChI is InChI=1S/C11H15N3O2/c12-9-6-10(8-11(7-9)14(15)16)13-4-2-1-3-5-13/h6-8H,1-5,12H2. The minimum absolute atomic E-state index is 0.0700. The summed E-state index contributed by atoms with van der Waals surface area (Å²) in [4.78, 5) is 12.5. The van der Waals surface area contributed by atoms with Gasteiger partial charge in [0.1, 0.15) is 0 Å². The number of nitrogen functional groups attached to an aromatic ring is 1. The number of nitrogens with zero attached hydrogens (tertiary/aromatic N) is 2. The zero-order chi connectivity index (χ0) is 11.5. The molecule has 0 spiro atoms. The molecule has 2 N–H and O–H groups in total. The van der Waals surface area contributed by atoms with Crippen LogP contribution in [0.4, 0.5) is 17.1 Å². The van der Waals surface area contributed by atoms with Gasteiger partial charge in [-0.3, -0.25) is 10.1 Å². The third-order valence-electron chi connectivity index (χ3n) is 2.86. The molecule has 5 nitrogen and oxygen atoms in total. The summed E-state index contributed by atoms with van der Waals surface area (Å²) in [7, 11) is 0. The molecule has 0 radical (unpaired) electrons. The number of rotatable bonds is 2. The number of nitrogens with two attached hydrogens (primary N) is 1. The summed E-state index contributed by atoms with van der Waals surface area (Å²) in [6.07, 6.45) is 3.52. The highest BCUT2D eigenvalue weighted by molar-refractivity contribution is 5.62. The van der Waals surface area contributed by atoms with E-state index in [4.69, 9.17) is 5.73 Å². The van der Waals surface area contributed by atoms with Crippen molar-refractivity contribution < 1.29 is 4.92 Å². The van der Waals surface area contributed by atoms with E-state index < -0.39 is 4.92 Å². The summed E-state index contributed by atoms with van der Waals surface area (Å²) in [6, 6.07) is 4.80. The van der Waals surface area contributed by atoms with Gasteiger partial charge in [-0.25, -0.2) is 0 Å². The monoisotopic (exact) mass is 221 g/mol. The molecule has 1 fully saturated rings. The molecule has 1 aromatic rings. The van der Waals surface area contributed by atoms with Crippen LogP contribution in [0.3, 0.4) is 0 Å². The second-order valence-corrected chi connectivity index (χ2v) is 4.09. The lowest BCUT2D eigenvalue weighted by molar-refractivity contribution is -0.384.